The molecule has 0 amide bonds. The molecule has 1 unspecified atom stereocenters. The lowest BCUT2D eigenvalue weighted by atomic mass is 9.76. The lowest BCUT2D eigenvalue weighted by Gasteiger charge is -2.31. The van der Waals surface area contributed by atoms with E-state index in [0.29, 0.717) is 5.92 Å². The molecule has 0 spiro atoms. The fourth-order valence-electron chi connectivity index (χ4n) is 3.08. The average molecular weight is 232 g/mol. The Balaban J connectivity index is 2.02. The van der Waals surface area contributed by atoms with Crippen molar-refractivity contribution in [2.24, 2.45) is 11.8 Å². The van der Waals surface area contributed by atoms with E-state index in [-0.39, 0.29) is 6.10 Å². The minimum absolute atomic E-state index is 0.256. The van der Waals surface area contributed by atoms with Gasteiger partial charge in [0, 0.05) is 0 Å². The van der Waals surface area contributed by atoms with Gasteiger partial charge in [-0.3, -0.25) is 0 Å². The van der Waals surface area contributed by atoms with E-state index in [1.54, 1.807) is 0 Å². The van der Waals surface area contributed by atoms with Gasteiger partial charge < -0.3 is 5.11 Å². The number of aryl methyl sites for hydroxylation is 1. The minimum Gasteiger partial charge on any atom is -0.388 e. The zero-order valence-electron chi connectivity index (χ0n) is 11.0. The second kappa shape index (κ2) is 5.68. The van der Waals surface area contributed by atoms with Gasteiger partial charge in [-0.2, -0.15) is 0 Å². The van der Waals surface area contributed by atoms with Crippen LogP contribution in [0.2, 0.25) is 0 Å². The van der Waals surface area contributed by atoms with Gasteiger partial charge in [0.1, 0.15) is 0 Å². The van der Waals surface area contributed by atoms with Gasteiger partial charge in [-0.25, -0.2) is 0 Å². The fraction of sp³-hybridized carbons (Fsp3) is 0.625. The molecule has 94 valence electrons. The summed E-state index contributed by atoms with van der Waals surface area (Å²) in [5, 5.41) is 10.5. The van der Waals surface area contributed by atoms with E-state index in [9.17, 15) is 5.11 Å². The molecule has 1 atom stereocenters. The van der Waals surface area contributed by atoms with Gasteiger partial charge in [-0.15, -0.1) is 0 Å². The second-order valence-electron chi connectivity index (χ2n) is 5.49. The molecule has 0 aromatic heterocycles. The molecule has 1 fully saturated rings. The maximum absolute atomic E-state index is 10.5. The second-order valence-corrected chi connectivity index (χ2v) is 5.49. The fourth-order valence-corrected chi connectivity index (χ4v) is 3.08. The molecule has 1 heteroatoms. The van der Waals surface area contributed by atoms with Crippen LogP contribution in [0.3, 0.4) is 0 Å². The first-order valence-electron chi connectivity index (χ1n) is 6.96. The zero-order chi connectivity index (χ0) is 12.3. The Kier molecular flexibility index (Phi) is 4.22. The Morgan fingerprint density at radius 2 is 1.82 bits per heavy atom. The standard InChI is InChI=1S/C16H24O/c1-3-13-8-10-14(11-9-13)16(17)15-7-5-4-6-12(15)2/h4-7,13-14,16-17H,3,8-11H2,1-2H3. The van der Waals surface area contributed by atoms with E-state index in [1.165, 1.54) is 37.7 Å². The Hall–Kier alpha value is -0.820. The quantitative estimate of drug-likeness (QED) is 0.826. The van der Waals surface area contributed by atoms with Crippen molar-refractivity contribution >= 4 is 0 Å². The third-order valence-electron chi connectivity index (χ3n) is 4.42. The summed E-state index contributed by atoms with van der Waals surface area (Å²) >= 11 is 0. The van der Waals surface area contributed by atoms with Gasteiger partial charge in [0.2, 0.25) is 0 Å². The predicted molar refractivity (Wildman–Crippen MR) is 71.9 cm³/mol. The molecular weight excluding hydrogens is 208 g/mol. The van der Waals surface area contributed by atoms with Crippen molar-refractivity contribution in [3.8, 4) is 0 Å². The number of aliphatic hydroxyl groups is 1. The Bertz CT molecular complexity index is 350. The molecule has 1 aliphatic carbocycles. The van der Waals surface area contributed by atoms with Gasteiger partial charge in [0.05, 0.1) is 6.10 Å². The van der Waals surface area contributed by atoms with Crippen LogP contribution in [0.5, 0.6) is 0 Å². The number of aliphatic hydroxyl groups excluding tert-OH is 1. The highest BCUT2D eigenvalue weighted by Gasteiger charge is 2.27. The highest BCUT2D eigenvalue weighted by molar-refractivity contribution is 5.28. The molecule has 0 heterocycles. The number of hydrogen-bond acceptors (Lipinski definition) is 1. The minimum atomic E-state index is -0.256. The van der Waals surface area contributed by atoms with Crippen LogP contribution in [-0.2, 0) is 0 Å². The highest BCUT2D eigenvalue weighted by atomic mass is 16.3. The predicted octanol–water partition coefficient (Wildman–Crippen LogP) is 4.24. The Morgan fingerprint density at radius 3 is 2.41 bits per heavy atom. The molecule has 1 aromatic carbocycles. The number of benzene rings is 1. The zero-order valence-corrected chi connectivity index (χ0v) is 11.0. The topological polar surface area (TPSA) is 20.2 Å². The summed E-state index contributed by atoms with van der Waals surface area (Å²) in [6.45, 7) is 4.37. The van der Waals surface area contributed by atoms with Crippen molar-refractivity contribution in [3.05, 3.63) is 35.4 Å². The van der Waals surface area contributed by atoms with E-state index < -0.39 is 0 Å². The first-order valence-corrected chi connectivity index (χ1v) is 6.96. The molecule has 1 aliphatic rings. The average Bonchev–Trinajstić information content (AvgIpc) is 2.39. The SMILES string of the molecule is CCC1CCC(C(O)c2ccccc2C)CC1. The summed E-state index contributed by atoms with van der Waals surface area (Å²) in [4.78, 5) is 0. The summed E-state index contributed by atoms with van der Waals surface area (Å²) in [5.74, 6) is 1.37. The smallest absolute Gasteiger partial charge is 0.0820 e. The Morgan fingerprint density at radius 1 is 1.18 bits per heavy atom. The molecule has 1 N–H and O–H groups in total. The lowest BCUT2D eigenvalue weighted by Crippen LogP contribution is -2.20. The van der Waals surface area contributed by atoms with Crippen LogP contribution in [-0.4, -0.2) is 5.11 Å². The number of hydrogen-bond donors (Lipinski definition) is 1. The molecule has 1 aromatic rings. The first-order chi connectivity index (χ1) is 8.22. The van der Waals surface area contributed by atoms with E-state index in [1.807, 2.05) is 12.1 Å². The van der Waals surface area contributed by atoms with Crippen molar-refractivity contribution in [1.29, 1.82) is 0 Å². The van der Waals surface area contributed by atoms with Gasteiger partial charge >= 0.3 is 0 Å². The van der Waals surface area contributed by atoms with Crippen molar-refractivity contribution < 1.29 is 5.11 Å². The summed E-state index contributed by atoms with van der Waals surface area (Å²) < 4.78 is 0. The van der Waals surface area contributed by atoms with E-state index in [0.717, 1.165) is 11.5 Å². The molecule has 17 heavy (non-hydrogen) atoms. The third kappa shape index (κ3) is 2.90. The summed E-state index contributed by atoms with van der Waals surface area (Å²) in [6.07, 6.45) is 6.01. The van der Waals surface area contributed by atoms with Crippen molar-refractivity contribution in [1.82, 2.24) is 0 Å². The Labute approximate surface area is 105 Å². The molecular formula is C16H24O. The van der Waals surface area contributed by atoms with E-state index in [4.69, 9.17) is 0 Å². The maximum Gasteiger partial charge on any atom is 0.0820 e. The lowest BCUT2D eigenvalue weighted by molar-refractivity contribution is 0.0725. The normalized spacial score (nSPS) is 26.8. The first kappa shape index (κ1) is 12.6. The molecule has 0 saturated heterocycles. The van der Waals surface area contributed by atoms with Gasteiger partial charge in [0.15, 0.2) is 0 Å². The van der Waals surface area contributed by atoms with Gasteiger partial charge in [-0.05, 0) is 42.7 Å². The summed E-state index contributed by atoms with van der Waals surface area (Å²) in [7, 11) is 0. The van der Waals surface area contributed by atoms with Crippen LogP contribution in [0, 0.1) is 18.8 Å². The summed E-state index contributed by atoms with van der Waals surface area (Å²) in [6, 6.07) is 8.24. The van der Waals surface area contributed by atoms with Crippen LogP contribution < -0.4 is 0 Å². The van der Waals surface area contributed by atoms with Crippen LogP contribution in [0.1, 0.15) is 56.3 Å². The molecule has 0 radical (unpaired) electrons. The van der Waals surface area contributed by atoms with Crippen LogP contribution >= 0.6 is 0 Å². The van der Waals surface area contributed by atoms with E-state index >= 15 is 0 Å². The highest BCUT2D eigenvalue weighted by Crippen LogP contribution is 2.38. The van der Waals surface area contributed by atoms with E-state index in [2.05, 4.69) is 26.0 Å². The van der Waals surface area contributed by atoms with Crippen LogP contribution in [0.4, 0.5) is 0 Å². The maximum atomic E-state index is 10.5. The van der Waals surface area contributed by atoms with Gasteiger partial charge in [0.25, 0.3) is 0 Å². The van der Waals surface area contributed by atoms with Crippen LogP contribution in [0.25, 0.3) is 0 Å². The van der Waals surface area contributed by atoms with Gasteiger partial charge in [-0.1, -0.05) is 50.5 Å². The van der Waals surface area contributed by atoms with Crippen LogP contribution in [0.15, 0.2) is 24.3 Å². The third-order valence-corrected chi connectivity index (χ3v) is 4.42. The van der Waals surface area contributed by atoms with Crippen molar-refractivity contribution in [3.63, 3.8) is 0 Å². The van der Waals surface area contributed by atoms with Crippen molar-refractivity contribution in [2.75, 3.05) is 0 Å². The molecule has 0 bridgehead atoms. The molecule has 2 rings (SSSR count). The van der Waals surface area contributed by atoms with Crippen molar-refractivity contribution in [2.45, 2.75) is 52.1 Å². The summed E-state index contributed by atoms with van der Waals surface area (Å²) in [5.41, 5.74) is 2.35. The molecule has 1 saturated carbocycles. The molecule has 1 nitrogen and oxygen atoms in total. The monoisotopic (exact) mass is 232 g/mol. The molecule has 0 aliphatic heterocycles. The number of rotatable bonds is 3. The largest absolute Gasteiger partial charge is 0.388 e.